The van der Waals surface area contributed by atoms with Crippen LogP contribution in [0.25, 0.3) is 11.6 Å². The van der Waals surface area contributed by atoms with Gasteiger partial charge in [-0.15, -0.1) is 0 Å². The Morgan fingerprint density at radius 1 is 1.12 bits per heavy atom. The van der Waals surface area contributed by atoms with Gasteiger partial charge in [-0.3, -0.25) is 4.79 Å². The van der Waals surface area contributed by atoms with E-state index in [1.165, 1.54) is 0 Å². The number of ether oxygens (including phenoxy) is 1. The lowest BCUT2D eigenvalue weighted by atomic mass is 10.0. The Hall–Kier alpha value is -1.15. The number of aliphatic hydroxyl groups excluding tert-OH is 1. The van der Waals surface area contributed by atoms with Gasteiger partial charge in [-0.2, -0.15) is 0 Å². The van der Waals surface area contributed by atoms with Crippen molar-refractivity contribution in [2.75, 3.05) is 18.5 Å². The third kappa shape index (κ3) is 3.44. The van der Waals surface area contributed by atoms with Crippen LogP contribution in [0.3, 0.4) is 0 Å². The van der Waals surface area contributed by atoms with E-state index in [0.717, 1.165) is 30.2 Å². The number of anilines is 1. The molecule has 0 unspecified atom stereocenters. The van der Waals surface area contributed by atoms with E-state index in [9.17, 15) is 4.79 Å². The highest BCUT2D eigenvalue weighted by Crippen LogP contribution is 2.40. The molecule has 0 radical (unpaired) electrons. The van der Waals surface area contributed by atoms with Crippen LogP contribution in [0.2, 0.25) is 0 Å². The lowest BCUT2D eigenvalue weighted by Crippen LogP contribution is -2.04. The molecule has 124 valence electrons. The summed E-state index contributed by atoms with van der Waals surface area (Å²) in [7, 11) is 0. The molecule has 0 aromatic heterocycles. The normalized spacial score (nSPS) is 14.7. The largest absolute Gasteiger partial charge is 0.489 e. The number of rotatable bonds is 4. The molecule has 2 N–H and O–H groups in total. The SMILES string of the molecule is O=C1Nc2c(Br)cccc2/C1=C/c1cc(Br)c(OCCO)c(Br)c1. The van der Waals surface area contributed by atoms with Crippen molar-refractivity contribution in [3.8, 4) is 5.75 Å². The van der Waals surface area contributed by atoms with Crippen LogP contribution in [0.4, 0.5) is 5.69 Å². The van der Waals surface area contributed by atoms with Crippen LogP contribution in [0.1, 0.15) is 11.1 Å². The molecular weight excluding hydrogens is 506 g/mol. The van der Waals surface area contributed by atoms with Gasteiger partial charge >= 0.3 is 0 Å². The van der Waals surface area contributed by atoms with E-state index in [-0.39, 0.29) is 19.1 Å². The fraction of sp³-hybridized carbons (Fsp3) is 0.118. The van der Waals surface area contributed by atoms with Crippen LogP contribution < -0.4 is 10.1 Å². The molecule has 0 aliphatic carbocycles. The average molecular weight is 518 g/mol. The highest BCUT2D eigenvalue weighted by Gasteiger charge is 2.25. The number of benzene rings is 2. The Morgan fingerprint density at radius 2 is 1.83 bits per heavy atom. The Morgan fingerprint density at radius 3 is 2.50 bits per heavy atom. The molecule has 0 fully saturated rings. The predicted octanol–water partition coefficient (Wildman–Crippen LogP) is 4.84. The van der Waals surface area contributed by atoms with Crippen LogP contribution in [0.5, 0.6) is 5.75 Å². The van der Waals surface area contributed by atoms with Gasteiger partial charge < -0.3 is 15.2 Å². The number of carbonyl (C=O) groups is 1. The molecule has 0 bridgehead atoms. The van der Waals surface area contributed by atoms with Crippen molar-refractivity contribution in [3.05, 3.63) is 54.9 Å². The van der Waals surface area contributed by atoms with E-state index in [2.05, 4.69) is 53.1 Å². The van der Waals surface area contributed by atoms with E-state index in [1.807, 2.05) is 36.4 Å². The highest BCUT2D eigenvalue weighted by molar-refractivity contribution is 9.11. The van der Waals surface area contributed by atoms with Gasteiger partial charge in [0.15, 0.2) is 0 Å². The van der Waals surface area contributed by atoms with Gasteiger partial charge in [-0.1, -0.05) is 12.1 Å². The second-order valence-corrected chi connectivity index (χ2v) is 7.62. The van der Waals surface area contributed by atoms with Crippen molar-refractivity contribution in [2.45, 2.75) is 0 Å². The molecule has 0 saturated heterocycles. The first-order chi connectivity index (χ1) is 11.5. The Kier molecular flexibility index (Phi) is 5.44. The molecular formula is C17H12Br3NO3. The number of aliphatic hydroxyl groups is 1. The molecule has 4 nitrogen and oxygen atoms in total. The van der Waals surface area contributed by atoms with Gasteiger partial charge in [0.25, 0.3) is 5.91 Å². The van der Waals surface area contributed by atoms with Crippen LogP contribution in [-0.4, -0.2) is 24.2 Å². The monoisotopic (exact) mass is 515 g/mol. The average Bonchev–Trinajstić information content (AvgIpc) is 2.84. The van der Waals surface area contributed by atoms with Gasteiger partial charge in [0, 0.05) is 15.6 Å². The van der Waals surface area contributed by atoms with E-state index >= 15 is 0 Å². The molecule has 24 heavy (non-hydrogen) atoms. The number of amides is 1. The summed E-state index contributed by atoms with van der Waals surface area (Å²) < 4.78 is 7.82. The zero-order chi connectivity index (χ0) is 17.3. The van der Waals surface area contributed by atoms with Crippen molar-refractivity contribution in [1.29, 1.82) is 0 Å². The van der Waals surface area contributed by atoms with Crippen LogP contribution in [0, 0.1) is 0 Å². The molecule has 1 amide bonds. The van der Waals surface area contributed by atoms with Crippen molar-refractivity contribution in [1.82, 2.24) is 0 Å². The van der Waals surface area contributed by atoms with Crippen molar-refractivity contribution >= 4 is 71.0 Å². The van der Waals surface area contributed by atoms with E-state index in [4.69, 9.17) is 9.84 Å². The fourth-order valence-electron chi connectivity index (χ4n) is 2.44. The predicted molar refractivity (Wildman–Crippen MR) is 105 cm³/mol. The van der Waals surface area contributed by atoms with Gasteiger partial charge in [-0.05, 0) is 77.6 Å². The molecule has 3 rings (SSSR count). The summed E-state index contributed by atoms with van der Waals surface area (Å²) in [4.78, 5) is 12.3. The Bertz CT molecular complexity index is 826. The molecule has 1 heterocycles. The second kappa shape index (κ2) is 7.39. The second-order valence-electron chi connectivity index (χ2n) is 5.06. The van der Waals surface area contributed by atoms with Gasteiger partial charge in [-0.25, -0.2) is 0 Å². The van der Waals surface area contributed by atoms with Gasteiger partial charge in [0.2, 0.25) is 0 Å². The molecule has 0 atom stereocenters. The first-order valence-electron chi connectivity index (χ1n) is 7.06. The first-order valence-corrected chi connectivity index (χ1v) is 9.44. The van der Waals surface area contributed by atoms with Crippen LogP contribution in [-0.2, 0) is 4.79 Å². The minimum absolute atomic E-state index is 0.0590. The summed E-state index contributed by atoms with van der Waals surface area (Å²) in [5, 5.41) is 11.8. The van der Waals surface area contributed by atoms with E-state index in [0.29, 0.717) is 11.3 Å². The summed E-state index contributed by atoms with van der Waals surface area (Å²) in [5.74, 6) is 0.481. The maximum Gasteiger partial charge on any atom is 0.256 e. The number of hydrogen-bond acceptors (Lipinski definition) is 3. The Labute approximate surface area is 164 Å². The topological polar surface area (TPSA) is 58.6 Å². The summed E-state index contributed by atoms with van der Waals surface area (Å²) in [6.07, 6.45) is 1.83. The molecule has 2 aromatic rings. The lowest BCUT2D eigenvalue weighted by Gasteiger charge is -2.10. The number of hydrogen-bond donors (Lipinski definition) is 2. The molecule has 2 aromatic carbocycles. The zero-order valence-corrected chi connectivity index (χ0v) is 17.0. The van der Waals surface area contributed by atoms with E-state index < -0.39 is 0 Å². The maximum atomic E-state index is 12.3. The fourth-order valence-corrected chi connectivity index (χ4v) is 4.35. The van der Waals surface area contributed by atoms with E-state index in [1.54, 1.807) is 0 Å². The summed E-state index contributed by atoms with van der Waals surface area (Å²) >= 11 is 10.4. The first kappa shape index (κ1) is 17.7. The maximum absolute atomic E-state index is 12.3. The number of fused-ring (bicyclic) bond motifs is 1. The quantitative estimate of drug-likeness (QED) is 0.571. The van der Waals surface area contributed by atoms with Crippen LogP contribution >= 0.6 is 47.8 Å². The highest BCUT2D eigenvalue weighted by atomic mass is 79.9. The summed E-state index contributed by atoms with van der Waals surface area (Å²) in [6.45, 7) is 0.151. The minimum Gasteiger partial charge on any atom is -0.489 e. The lowest BCUT2D eigenvalue weighted by molar-refractivity contribution is -0.110. The molecule has 7 heteroatoms. The number of nitrogens with one attached hydrogen (secondary N) is 1. The van der Waals surface area contributed by atoms with Gasteiger partial charge in [0.05, 0.1) is 21.2 Å². The molecule has 1 aliphatic heterocycles. The standard InChI is InChI=1S/C17H12Br3NO3/c18-12-3-1-2-10-11(17(23)21-15(10)12)6-9-7-13(19)16(14(20)8-9)24-5-4-22/h1-3,6-8,22H,4-5H2,(H,21,23)/b11-6-. The van der Waals surface area contributed by atoms with Gasteiger partial charge in [0.1, 0.15) is 12.4 Å². The summed E-state index contributed by atoms with van der Waals surface area (Å²) in [5.41, 5.74) is 3.11. The third-order valence-electron chi connectivity index (χ3n) is 3.46. The van der Waals surface area contributed by atoms with Crippen molar-refractivity contribution in [3.63, 3.8) is 0 Å². The van der Waals surface area contributed by atoms with Crippen molar-refractivity contribution in [2.24, 2.45) is 0 Å². The third-order valence-corrected chi connectivity index (χ3v) is 5.30. The summed E-state index contributed by atoms with van der Waals surface area (Å²) in [6, 6.07) is 9.44. The minimum atomic E-state index is -0.134. The molecule has 1 aliphatic rings. The van der Waals surface area contributed by atoms with Crippen molar-refractivity contribution < 1.29 is 14.6 Å². The molecule has 0 saturated carbocycles. The number of para-hydroxylation sites is 1. The van der Waals surface area contributed by atoms with Crippen LogP contribution in [0.15, 0.2) is 43.7 Å². The number of carbonyl (C=O) groups excluding carboxylic acids is 1. The molecule has 0 spiro atoms. The smallest absolute Gasteiger partial charge is 0.256 e. The zero-order valence-electron chi connectivity index (χ0n) is 12.3. The number of halogens is 3. The Balaban J connectivity index is 2.01.